The number of hydrogen-bond donors (Lipinski definition) is 0. The quantitative estimate of drug-likeness (QED) is 0.712. The summed E-state index contributed by atoms with van der Waals surface area (Å²) in [5, 5.41) is 0. The van der Waals surface area contributed by atoms with Crippen LogP contribution in [0.3, 0.4) is 0 Å². The number of carbonyl (C=O) groups excluding carboxylic acids is 2. The van der Waals surface area contributed by atoms with Crippen LogP contribution in [0.2, 0.25) is 0 Å². The average molecular weight is 266 g/mol. The fourth-order valence-electron chi connectivity index (χ4n) is 3.81. The highest BCUT2D eigenvalue weighted by atomic mass is 16.6. The third kappa shape index (κ3) is 1.87. The number of carbonyl (C=O) groups is 2. The maximum Gasteiger partial charge on any atom is 0.339 e. The third-order valence-corrected chi connectivity index (χ3v) is 4.53. The lowest BCUT2D eigenvalue weighted by atomic mass is 9.88. The minimum absolute atomic E-state index is 0.215. The molecule has 1 spiro atoms. The summed E-state index contributed by atoms with van der Waals surface area (Å²) in [6.07, 6.45) is 4.30. The summed E-state index contributed by atoms with van der Waals surface area (Å²) in [5.41, 5.74) is 0.185. The highest BCUT2D eigenvalue weighted by Gasteiger charge is 2.57. The fraction of sp³-hybridized carbons (Fsp3) is 0.714. The van der Waals surface area contributed by atoms with E-state index in [0.29, 0.717) is 23.7 Å². The standard InChI is InChI=1S/C14H18O5/c1-8(15)18-11-7-14-5-3-4-9(14)6-10(19-14)12(11)13(16)17-2/h9-10H,3-7H2,1-2H3/t9-,10+,14+/m1/s1. The van der Waals surface area contributed by atoms with E-state index >= 15 is 0 Å². The van der Waals surface area contributed by atoms with Gasteiger partial charge in [-0.2, -0.15) is 0 Å². The second-order valence-corrected chi connectivity index (χ2v) is 5.59. The summed E-state index contributed by atoms with van der Waals surface area (Å²) in [5.74, 6) is 0.0740. The van der Waals surface area contributed by atoms with Crippen LogP contribution in [0.15, 0.2) is 11.3 Å². The van der Waals surface area contributed by atoms with Crippen LogP contribution in [0, 0.1) is 5.92 Å². The van der Waals surface area contributed by atoms with Gasteiger partial charge in [-0.1, -0.05) is 6.42 Å². The van der Waals surface area contributed by atoms with Gasteiger partial charge in [0.2, 0.25) is 0 Å². The summed E-state index contributed by atoms with van der Waals surface area (Å²) < 4.78 is 16.2. The predicted molar refractivity (Wildman–Crippen MR) is 65.0 cm³/mol. The first-order valence-electron chi connectivity index (χ1n) is 6.73. The molecular formula is C14H18O5. The van der Waals surface area contributed by atoms with Crippen molar-refractivity contribution in [2.24, 2.45) is 5.92 Å². The Labute approximate surface area is 111 Å². The number of esters is 2. The van der Waals surface area contributed by atoms with Crippen LogP contribution in [-0.2, 0) is 23.8 Å². The number of ether oxygens (including phenoxy) is 3. The van der Waals surface area contributed by atoms with E-state index in [1.807, 2.05) is 0 Å². The van der Waals surface area contributed by atoms with Crippen LogP contribution in [0.5, 0.6) is 0 Å². The normalized spacial score (nSPS) is 36.1. The van der Waals surface area contributed by atoms with Gasteiger partial charge in [0.15, 0.2) is 0 Å². The van der Waals surface area contributed by atoms with Crippen molar-refractivity contribution in [2.45, 2.75) is 50.7 Å². The van der Waals surface area contributed by atoms with Crippen molar-refractivity contribution in [2.75, 3.05) is 7.11 Å². The summed E-state index contributed by atoms with van der Waals surface area (Å²) in [6.45, 7) is 1.35. The van der Waals surface area contributed by atoms with E-state index < -0.39 is 11.9 Å². The zero-order chi connectivity index (χ0) is 13.6. The minimum atomic E-state index is -0.448. The van der Waals surface area contributed by atoms with Gasteiger partial charge in [0.1, 0.15) is 11.3 Å². The molecule has 2 heterocycles. The maximum atomic E-state index is 11.9. The van der Waals surface area contributed by atoms with Crippen LogP contribution in [0.4, 0.5) is 0 Å². The zero-order valence-electron chi connectivity index (χ0n) is 11.2. The Morgan fingerprint density at radius 1 is 1.42 bits per heavy atom. The third-order valence-electron chi connectivity index (χ3n) is 4.53. The second kappa shape index (κ2) is 4.34. The molecule has 3 aliphatic rings. The Kier molecular flexibility index (Phi) is 2.89. The molecule has 1 aliphatic carbocycles. The van der Waals surface area contributed by atoms with Crippen molar-refractivity contribution in [1.29, 1.82) is 0 Å². The SMILES string of the molecule is COC(=O)C1=C(OC(C)=O)C[C@@]23CCC[C@@H]2C[C@@H]1O3. The Morgan fingerprint density at radius 3 is 2.89 bits per heavy atom. The molecular weight excluding hydrogens is 248 g/mol. The smallest absolute Gasteiger partial charge is 0.339 e. The highest BCUT2D eigenvalue weighted by molar-refractivity contribution is 5.91. The van der Waals surface area contributed by atoms with Gasteiger partial charge >= 0.3 is 11.9 Å². The lowest BCUT2D eigenvalue weighted by Crippen LogP contribution is -2.38. The van der Waals surface area contributed by atoms with E-state index in [2.05, 4.69) is 0 Å². The molecule has 0 radical (unpaired) electrons. The van der Waals surface area contributed by atoms with Crippen LogP contribution in [0.1, 0.15) is 39.0 Å². The van der Waals surface area contributed by atoms with Gasteiger partial charge in [-0.3, -0.25) is 4.79 Å². The van der Waals surface area contributed by atoms with Gasteiger partial charge in [0.05, 0.1) is 18.8 Å². The van der Waals surface area contributed by atoms with Gasteiger partial charge in [-0.25, -0.2) is 4.79 Å². The molecule has 0 N–H and O–H groups in total. The average Bonchev–Trinajstić information content (AvgIpc) is 2.81. The molecule has 2 aliphatic heterocycles. The molecule has 2 fully saturated rings. The predicted octanol–water partition coefficient (Wildman–Crippen LogP) is 1.71. The van der Waals surface area contributed by atoms with Crippen LogP contribution in [-0.4, -0.2) is 30.8 Å². The highest BCUT2D eigenvalue weighted by Crippen LogP contribution is 2.55. The first kappa shape index (κ1) is 12.7. The van der Waals surface area contributed by atoms with Crippen molar-refractivity contribution in [3.8, 4) is 0 Å². The molecule has 0 aromatic heterocycles. The molecule has 5 nitrogen and oxygen atoms in total. The van der Waals surface area contributed by atoms with Gasteiger partial charge in [-0.05, 0) is 25.2 Å². The molecule has 3 atom stereocenters. The molecule has 3 rings (SSSR count). The molecule has 0 unspecified atom stereocenters. The largest absolute Gasteiger partial charge is 0.465 e. The van der Waals surface area contributed by atoms with E-state index in [4.69, 9.17) is 14.2 Å². The zero-order valence-corrected chi connectivity index (χ0v) is 11.2. The summed E-state index contributed by atoms with van der Waals surface area (Å²) in [6, 6.07) is 0. The molecule has 104 valence electrons. The molecule has 0 aromatic carbocycles. The van der Waals surface area contributed by atoms with Gasteiger partial charge in [0.25, 0.3) is 0 Å². The lowest BCUT2D eigenvalue weighted by molar-refractivity contribution is -0.144. The van der Waals surface area contributed by atoms with Crippen molar-refractivity contribution in [3.63, 3.8) is 0 Å². The Morgan fingerprint density at radius 2 is 2.21 bits per heavy atom. The Bertz CT molecular complexity index is 466. The Balaban J connectivity index is 1.98. The topological polar surface area (TPSA) is 61.8 Å². The van der Waals surface area contributed by atoms with Crippen LogP contribution < -0.4 is 0 Å². The van der Waals surface area contributed by atoms with Crippen LogP contribution >= 0.6 is 0 Å². The van der Waals surface area contributed by atoms with Gasteiger partial charge in [-0.15, -0.1) is 0 Å². The molecule has 19 heavy (non-hydrogen) atoms. The molecule has 0 amide bonds. The van der Waals surface area contributed by atoms with E-state index in [1.54, 1.807) is 0 Å². The first-order valence-corrected chi connectivity index (χ1v) is 6.73. The van der Waals surface area contributed by atoms with Crippen molar-refractivity contribution in [1.82, 2.24) is 0 Å². The second-order valence-electron chi connectivity index (χ2n) is 5.59. The lowest BCUT2D eigenvalue weighted by Gasteiger charge is -2.34. The molecule has 1 saturated heterocycles. The van der Waals surface area contributed by atoms with Crippen LogP contribution in [0.25, 0.3) is 0 Å². The monoisotopic (exact) mass is 266 g/mol. The molecule has 0 aromatic rings. The van der Waals surface area contributed by atoms with Gasteiger partial charge in [0, 0.05) is 13.3 Å². The van der Waals surface area contributed by atoms with Crippen molar-refractivity contribution in [3.05, 3.63) is 11.3 Å². The van der Waals surface area contributed by atoms with E-state index in [-0.39, 0.29) is 11.7 Å². The number of rotatable bonds is 2. The number of methoxy groups -OCH3 is 1. The summed E-state index contributed by atoms with van der Waals surface area (Å²) in [7, 11) is 1.33. The first-order chi connectivity index (χ1) is 9.05. The van der Waals surface area contributed by atoms with Crippen molar-refractivity contribution >= 4 is 11.9 Å². The fourth-order valence-corrected chi connectivity index (χ4v) is 3.81. The van der Waals surface area contributed by atoms with E-state index in [9.17, 15) is 9.59 Å². The number of hydrogen-bond acceptors (Lipinski definition) is 5. The van der Waals surface area contributed by atoms with Gasteiger partial charge < -0.3 is 14.2 Å². The Hall–Kier alpha value is -1.36. The summed E-state index contributed by atoms with van der Waals surface area (Å²) in [4.78, 5) is 23.2. The molecule has 1 saturated carbocycles. The molecule has 2 bridgehead atoms. The summed E-state index contributed by atoms with van der Waals surface area (Å²) >= 11 is 0. The van der Waals surface area contributed by atoms with E-state index in [0.717, 1.165) is 25.7 Å². The van der Waals surface area contributed by atoms with Crippen molar-refractivity contribution < 1.29 is 23.8 Å². The minimum Gasteiger partial charge on any atom is -0.465 e. The maximum absolute atomic E-state index is 11.9. The van der Waals surface area contributed by atoms with E-state index in [1.165, 1.54) is 14.0 Å². The number of fused-ring (bicyclic) bond motifs is 1. The molecule has 5 heteroatoms.